The van der Waals surface area contributed by atoms with Gasteiger partial charge in [0.15, 0.2) is 0 Å². The van der Waals surface area contributed by atoms with E-state index in [4.69, 9.17) is 0 Å². The van der Waals surface area contributed by atoms with Crippen LogP contribution in [-0.4, -0.2) is 11.7 Å². The van der Waals surface area contributed by atoms with E-state index in [0.717, 1.165) is 17.7 Å². The first kappa shape index (κ1) is 15.1. The standard InChI is InChI=1S/C18H18FNOS/c19-14-8-5-13(6-9-14)7-10-18(21)20-16-11-12-22-17-4-2-1-3-15(16)17/h1-6,8-9,16H,7,10-12H2,(H,20,21)/t16-/m1/s1. The topological polar surface area (TPSA) is 29.1 Å². The summed E-state index contributed by atoms with van der Waals surface area (Å²) in [5, 5.41) is 3.13. The van der Waals surface area contributed by atoms with Crippen molar-refractivity contribution in [2.45, 2.75) is 30.2 Å². The third-order valence-electron chi connectivity index (χ3n) is 3.85. The van der Waals surface area contributed by atoms with Crippen LogP contribution in [0.5, 0.6) is 0 Å². The zero-order valence-corrected chi connectivity index (χ0v) is 13.0. The summed E-state index contributed by atoms with van der Waals surface area (Å²) in [4.78, 5) is 13.4. The van der Waals surface area contributed by atoms with Crippen molar-refractivity contribution in [2.24, 2.45) is 0 Å². The molecule has 4 heteroatoms. The summed E-state index contributed by atoms with van der Waals surface area (Å²) in [5.74, 6) is 0.834. The van der Waals surface area contributed by atoms with Gasteiger partial charge < -0.3 is 5.32 Å². The second-order valence-electron chi connectivity index (χ2n) is 5.42. The first-order chi connectivity index (χ1) is 10.7. The number of aryl methyl sites for hydroxylation is 1. The largest absolute Gasteiger partial charge is 0.349 e. The normalized spacial score (nSPS) is 16.9. The quantitative estimate of drug-likeness (QED) is 0.920. The predicted molar refractivity (Wildman–Crippen MR) is 87.4 cm³/mol. The summed E-state index contributed by atoms with van der Waals surface area (Å²) in [6.45, 7) is 0. The van der Waals surface area contributed by atoms with Gasteiger partial charge in [0.05, 0.1) is 6.04 Å². The van der Waals surface area contributed by atoms with E-state index in [2.05, 4.69) is 17.4 Å². The highest BCUT2D eigenvalue weighted by molar-refractivity contribution is 7.99. The lowest BCUT2D eigenvalue weighted by Crippen LogP contribution is -2.30. The van der Waals surface area contributed by atoms with Crippen molar-refractivity contribution in [3.05, 3.63) is 65.5 Å². The Morgan fingerprint density at radius 2 is 1.95 bits per heavy atom. The zero-order chi connectivity index (χ0) is 15.4. The monoisotopic (exact) mass is 315 g/mol. The molecule has 114 valence electrons. The molecule has 0 unspecified atom stereocenters. The summed E-state index contributed by atoms with van der Waals surface area (Å²) in [7, 11) is 0. The number of fused-ring (bicyclic) bond motifs is 1. The molecule has 1 aliphatic rings. The number of amides is 1. The minimum Gasteiger partial charge on any atom is -0.349 e. The van der Waals surface area contributed by atoms with Crippen LogP contribution < -0.4 is 5.32 Å². The lowest BCUT2D eigenvalue weighted by Gasteiger charge is -2.25. The molecule has 0 bridgehead atoms. The van der Waals surface area contributed by atoms with Crippen molar-refractivity contribution in [3.63, 3.8) is 0 Å². The van der Waals surface area contributed by atoms with Crippen LogP contribution in [0.2, 0.25) is 0 Å². The van der Waals surface area contributed by atoms with Crippen LogP contribution >= 0.6 is 11.8 Å². The highest BCUT2D eigenvalue weighted by Gasteiger charge is 2.21. The van der Waals surface area contributed by atoms with Crippen molar-refractivity contribution >= 4 is 17.7 Å². The van der Waals surface area contributed by atoms with E-state index in [-0.39, 0.29) is 17.8 Å². The Morgan fingerprint density at radius 3 is 2.77 bits per heavy atom. The summed E-state index contributed by atoms with van der Waals surface area (Å²) in [5.41, 5.74) is 2.20. The second-order valence-corrected chi connectivity index (χ2v) is 6.56. The van der Waals surface area contributed by atoms with Crippen molar-refractivity contribution in [2.75, 3.05) is 5.75 Å². The van der Waals surface area contributed by atoms with Crippen LogP contribution in [0.3, 0.4) is 0 Å². The average molecular weight is 315 g/mol. The number of carbonyl (C=O) groups excluding carboxylic acids is 1. The Morgan fingerprint density at radius 1 is 1.18 bits per heavy atom. The van der Waals surface area contributed by atoms with E-state index < -0.39 is 0 Å². The highest BCUT2D eigenvalue weighted by Crippen LogP contribution is 2.35. The second kappa shape index (κ2) is 6.97. The van der Waals surface area contributed by atoms with Crippen molar-refractivity contribution in [3.8, 4) is 0 Å². The first-order valence-electron chi connectivity index (χ1n) is 7.48. The van der Waals surface area contributed by atoms with Gasteiger partial charge in [0.2, 0.25) is 5.91 Å². The van der Waals surface area contributed by atoms with E-state index in [1.807, 2.05) is 23.9 Å². The molecule has 0 radical (unpaired) electrons. The lowest BCUT2D eigenvalue weighted by atomic mass is 10.0. The molecular weight excluding hydrogens is 297 g/mol. The van der Waals surface area contributed by atoms with E-state index in [1.165, 1.54) is 22.6 Å². The molecule has 1 aliphatic heterocycles. The summed E-state index contributed by atoms with van der Waals surface area (Å²) >= 11 is 1.84. The van der Waals surface area contributed by atoms with Gasteiger partial charge in [-0.3, -0.25) is 4.79 Å². The van der Waals surface area contributed by atoms with Crippen molar-refractivity contribution in [1.82, 2.24) is 5.32 Å². The Balaban J connectivity index is 1.57. The molecule has 0 fully saturated rings. The Labute approximate surface area is 134 Å². The number of halogens is 1. The van der Waals surface area contributed by atoms with Crippen LogP contribution in [0.1, 0.15) is 30.0 Å². The third-order valence-corrected chi connectivity index (χ3v) is 4.97. The van der Waals surface area contributed by atoms with Gasteiger partial charge in [-0.2, -0.15) is 0 Å². The van der Waals surface area contributed by atoms with Gasteiger partial charge in [-0.25, -0.2) is 4.39 Å². The minimum absolute atomic E-state index is 0.0519. The van der Waals surface area contributed by atoms with Crippen molar-refractivity contribution < 1.29 is 9.18 Å². The molecule has 0 aromatic heterocycles. The van der Waals surface area contributed by atoms with E-state index in [1.54, 1.807) is 12.1 Å². The van der Waals surface area contributed by atoms with Gasteiger partial charge in [-0.1, -0.05) is 30.3 Å². The summed E-state index contributed by atoms with van der Waals surface area (Å²) in [6, 6.07) is 14.7. The number of benzene rings is 2. The number of hydrogen-bond donors (Lipinski definition) is 1. The minimum atomic E-state index is -0.246. The van der Waals surface area contributed by atoms with Gasteiger partial charge in [-0.05, 0) is 42.2 Å². The molecular formula is C18H18FNOS. The predicted octanol–water partition coefficient (Wildman–Crippen LogP) is 4.11. The van der Waals surface area contributed by atoms with Crippen LogP contribution in [-0.2, 0) is 11.2 Å². The molecule has 2 aromatic carbocycles. The summed E-state index contributed by atoms with van der Waals surface area (Å²) in [6.07, 6.45) is 2.02. The number of carbonyl (C=O) groups is 1. The number of nitrogens with one attached hydrogen (secondary N) is 1. The van der Waals surface area contributed by atoms with Gasteiger partial charge in [-0.15, -0.1) is 11.8 Å². The van der Waals surface area contributed by atoms with Crippen LogP contribution in [0.4, 0.5) is 4.39 Å². The lowest BCUT2D eigenvalue weighted by molar-refractivity contribution is -0.121. The molecule has 0 spiro atoms. The molecule has 3 rings (SSSR count). The Bertz CT molecular complexity index is 656. The number of hydrogen-bond acceptors (Lipinski definition) is 2. The van der Waals surface area contributed by atoms with Crippen LogP contribution in [0, 0.1) is 5.82 Å². The van der Waals surface area contributed by atoms with E-state index >= 15 is 0 Å². The Kier molecular flexibility index (Phi) is 4.78. The maximum absolute atomic E-state index is 12.9. The summed E-state index contributed by atoms with van der Waals surface area (Å²) < 4.78 is 12.9. The van der Waals surface area contributed by atoms with Gasteiger partial charge in [0.1, 0.15) is 5.82 Å². The molecule has 2 aromatic rings. The molecule has 1 heterocycles. The number of thioether (sulfide) groups is 1. The smallest absolute Gasteiger partial charge is 0.220 e. The zero-order valence-electron chi connectivity index (χ0n) is 12.2. The molecule has 1 N–H and O–H groups in total. The van der Waals surface area contributed by atoms with Gasteiger partial charge in [0.25, 0.3) is 0 Å². The fourth-order valence-corrected chi connectivity index (χ4v) is 3.79. The SMILES string of the molecule is O=C(CCc1ccc(F)cc1)N[C@@H]1CCSc2ccccc21. The third kappa shape index (κ3) is 3.69. The fraction of sp³-hybridized carbons (Fsp3) is 0.278. The Hall–Kier alpha value is -1.81. The number of rotatable bonds is 4. The van der Waals surface area contributed by atoms with Gasteiger partial charge >= 0.3 is 0 Å². The molecule has 22 heavy (non-hydrogen) atoms. The maximum Gasteiger partial charge on any atom is 0.220 e. The molecule has 0 saturated heterocycles. The van der Waals surface area contributed by atoms with E-state index in [9.17, 15) is 9.18 Å². The van der Waals surface area contributed by atoms with E-state index in [0.29, 0.717) is 12.8 Å². The fourth-order valence-electron chi connectivity index (χ4n) is 2.67. The van der Waals surface area contributed by atoms with Crippen LogP contribution in [0.25, 0.3) is 0 Å². The van der Waals surface area contributed by atoms with Crippen LogP contribution in [0.15, 0.2) is 53.4 Å². The molecule has 2 nitrogen and oxygen atoms in total. The molecule has 1 atom stereocenters. The molecule has 0 saturated carbocycles. The van der Waals surface area contributed by atoms with Gasteiger partial charge in [0, 0.05) is 17.1 Å². The average Bonchev–Trinajstić information content (AvgIpc) is 2.55. The molecule has 1 amide bonds. The molecule has 0 aliphatic carbocycles. The first-order valence-corrected chi connectivity index (χ1v) is 8.46. The van der Waals surface area contributed by atoms with Crippen molar-refractivity contribution in [1.29, 1.82) is 0 Å². The maximum atomic E-state index is 12.9. The highest BCUT2D eigenvalue weighted by atomic mass is 32.2.